The normalized spacial score (nSPS) is 11.0. The fraction of sp³-hybridized carbons (Fsp3) is 0.105. The van der Waals surface area contributed by atoms with E-state index in [9.17, 15) is 9.59 Å². The lowest BCUT2D eigenvalue weighted by Gasteiger charge is -2.08. The summed E-state index contributed by atoms with van der Waals surface area (Å²) in [5.41, 5.74) is 0.500. The van der Waals surface area contributed by atoms with Gasteiger partial charge in [-0.15, -0.1) is 0 Å². The summed E-state index contributed by atoms with van der Waals surface area (Å²) in [6, 6.07) is 13.8. The number of aliphatic carboxylic acids is 1. The summed E-state index contributed by atoms with van der Waals surface area (Å²) >= 11 is 6.14. The van der Waals surface area contributed by atoms with E-state index in [1.54, 1.807) is 48.5 Å². The van der Waals surface area contributed by atoms with Gasteiger partial charge >= 0.3 is 5.97 Å². The number of hydrogen-bond donors (Lipinski definition) is 1. The van der Waals surface area contributed by atoms with Gasteiger partial charge in [0.2, 0.25) is 0 Å². The van der Waals surface area contributed by atoms with Crippen LogP contribution in [0.3, 0.4) is 0 Å². The Bertz CT molecular complexity index is 1250. The first kappa shape index (κ1) is 17.9. The van der Waals surface area contributed by atoms with Crippen molar-refractivity contribution in [3.05, 3.63) is 75.4 Å². The van der Waals surface area contributed by atoms with Crippen LogP contribution in [0.25, 0.3) is 22.2 Å². The molecular formula is C19H13ClN4O4. The molecule has 2 aromatic carbocycles. The lowest BCUT2D eigenvalue weighted by atomic mass is 10.1. The highest BCUT2D eigenvalue weighted by Gasteiger charge is 2.16. The molecule has 0 saturated carbocycles. The Morgan fingerprint density at radius 1 is 1.11 bits per heavy atom. The van der Waals surface area contributed by atoms with Crippen molar-refractivity contribution in [2.75, 3.05) is 0 Å². The maximum absolute atomic E-state index is 12.7. The molecule has 4 aromatic rings. The SMILES string of the molecule is O=C(O)Cc1nn(Cc2noc(-c3ccccc3Cl)n2)c(=O)c2ccccc12. The second-order valence-electron chi connectivity index (χ2n) is 6.02. The summed E-state index contributed by atoms with van der Waals surface area (Å²) in [7, 11) is 0. The molecule has 0 aliphatic heterocycles. The third-order valence-corrected chi connectivity index (χ3v) is 4.46. The van der Waals surface area contributed by atoms with Crippen LogP contribution in [0.5, 0.6) is 0 Å². The van der Waals surface area contributed by atoms with Crippen LogP contribution >= 0.6 is 11.6 Å². The zero-order valence-corrected chi connectivity index (χ0v) is 15.1. The maximum Gasteiger partial charge on any atom is 0.309 e. The molecule has 2 heterocycles. The zero-order chi connectivity index (χ0) is 19.7. The lowest BCUT2D eigenvalue weighted by Crippen LogP contribution is -2.26. The van der Waals surface area contributed by atoms with Gasteiger partial charge in [-0.05, 0) is 18.2 Å². The van der Waals surface area contributed by atoms with Gasteiger partial charge in [-0.25, -0.2) is 4.68 Å². The maximum atomic E-state index is 12.7. The Kier molecular flexibility index (Phi) is 4.62. The molecule has 0 bridgehead atoms. The molecule has 8 nitrogen and oxygen atoms in total. The van der Waals surface area contributed by atoms with E-state index in [2.05, 4.69) is 15.2 Å². The highest BCUT2D eigenvalue weighted by Crippen LogP contribution is 2.25. The molecule has 4 rings (SSSR count). The second kappa shape index (κ2) is 7.24. The zero-order valence-electron chi connectivity index (χ0n) is 14.4. The van der Waals surface area contributed by atoms with Gasteiger partial charge in [-0.1, -0.05) is 47.1 Å². The Morgan fingerprint density at radius 3 is 2.57 bits per heavy atom. The standard InChI is InChI=1S/C19H13ClN4O4/c20-14-8-4-3-7-13(14)18-21-16(23-28-18)10-24-19(27)12-6-2-1-5-11(12)15(22-24)9-17(25)26/h1-8H,9-10H2,(H,25,26). The first-order valence-electron chi connectivity index (χ1n) is 8.31. The minimum Gasteiger partial charge on any atom is -0.481 e. The summed E-state index contributed by atoms with van der Waals surface area (Å²) in [6.45, 7) is -0.0652. The molecule has 0 atom stereocenters. The number of rotatable bonds is 5. The van der Waals surface area contributed by atoms with E-state index >= 15 is 0 Å². The van der Waals surface area contributed by atoms with Gasteiger partial charge < -0.3 is 9.63 Å². The highest BCUT2D eigenvalue weighted by molar-refractivity contribution is 6.33. The van der Waals surface area contributed by atoms with Crippen LogP contribution in [0.4, 0.5) is 0 Å². The minimum absolute atomic E-state index is 0.0652. The van der Waals surface area contributed by atoms with Crippen LogP contribution < -0.4 is 5.56 Å². The number of carboxylic acid groups (broad SMARTS) is 1. The van der Waals surface area contributed by atoms with Crippen LogP contribution in [-0.4, -0.2) is 31.0 Å². The number of nitrogens with zero attached hydrogens (tertiary/aromatic N) is 4. The fourth-order valence-electron chi connectivity index (χ4n) is 2.88. The van der Waals surface area contributed by atoms with Crippen LogP contribution in [0, 0.1) is 0 Å². The van der Waals surface area contributed by atoms with Gasteiger partial charge in [0.15, 0.2) is 5.82 Å². The van der Waals surface area contributed by atoms with E-state index in [1.807, 2.05) is 0 Å². The van der Waals surface area contributed by atoms with Gasteiger partial charge in [0.1, 0.15) is 6.54 Å². The number of carboxylic acids is 1. The quantitative estimate of drug-likeness (QED) is 0.552. The minimum atomic E-state index is -1.04. The number of carbonyl (C=O) groups is 1. The van der Waals surface area contributed by atoms with Crippen LogP contribution in [-0.2, 0) is 17.8 Å². The average Bonchev–Trinajstić information content (AvgIpc) is 3.14. The number of aromatic nitrogens is 4. The van der Waals surface area contributed by atoms with Crippen LogP contribution in [0.1, 0.15) is 11.5 Å². The number of fused-ring (bicyclic) bond motifs is 1. The highest BCUT2D eigenvalue weighted by atomic mass is 35.5. The first-order valence-corrected chi connectivity index (χ1v) is 8.69. The van der Waals surface area contributed by atoms with Crippen molar-refractivity contribution in [1.82, 2.24) is 19.9 Å². The molecular weight excluding hydrogens is 384 g/mol. The van der Waals surface area contributed by atoms with Crippen molar-refractivity contribution in [3.8, 4) is 11.5 Å². The van der Waals surface area contributed by atoms with E-state index in [1.165, 1.54) is 0 Å². The van der Waals surface area contributed by atoms with E-state index in [0.29, 0.717) is 21.4 Å². The lowest BCUT2D eigenvalue weighted by molar-refractivity contribution is -0.136. The Balaban J connectivity index is 1.74. The molecule has 140 valence electrons. The monoisotopic (exact) mass is 396 g/mol. The van der Waals surface area contributed by atoms with Gasteiger partial charge in [-0.2, -0.15) is 10.1 Å². The van der Waals surface area contributed by atoms with E-state index in [4.69, 9.17) is 21.2 Å². The predicted molar refractivity (Wildman–Crippen MR) is 101 cm³/mol. The Morgan fingerprint density at radius 2 is 1.82 bits per heavy atom. The van der Waals surface area contributed by atoms with Gasteiger partial charge in [0.25, 0.3) is 11.4 Å². The van der Waals surface area contributed by atoms with Crippen LogP contribution in [0.2, 0.25) is 5.02 Å². The molecule has 0 amide bonds. The van der Waals surface area contributed by atoms with Crippen molar-refractivity contribution >= 4 is 28.3 Å². The summed E-state index contributed by atoms with van der Waals surface area (Å²) in [6.07, 6.45) is -0.308. The van der Waals surface area contributed by atoms with E-state index in [0.717, 1.165) is 4.68 Å². The largest absolute Gasteiger partial charge is 0.481 e. The smallest absolute Gasteiger partial charge is 0.309 e. The molecule has 0 fully saturated rings. The van der Waals surface area contributed by atoms with Crippen molar-refractivity contribution < 1.29 is 14.4 Å². The van der Waals surface area contributed by atoms with E-state index in [-0.39, 0.29) is 35.9 Å². The molecule has 9 heteroatoms. The average molecular weight is 397 g/mol. The molecule has 0 spiro atoms. The summed E-state index contributed by atoms with van der Waals surface area (Å²) < 4.78 is 6.38. The molecule has 0 saturated heterocycles. The van der Waals surface area contributed by atoms with Gasteiger partial charge in [0, 0.05) is 5.39 Å². The summed E-state index contributed by atoms with van der Waals surface area (Å²) in [5.74, 6) is -0.593. The fourth-order valence-corrected chi connectivity index (χ4v) is 3.10. The molecule has 0 radical (unpaired) electrons. The number of benzene rings is 2. The first-order chi connectivity index (χ1) is 13.5. The molecule has 0 aliphatic carbocycles. The molecule has 0 aliphatic rings. The number of halogens is 1. The van der Waals surface area contributed by atoms with Gasteiger partial charge in [-0.3, -0.25) is 9.59 Å². The molecule has 1 N–H and O–H groups in total. The number of hydrogen-bond acceptors (Lipinski definition) is 6. The summed E-state index contributed by atoms with van der Waals surface area (Å²) in [4.78, 5) is 28.2. The van der Waals surface area contributed by atoms with Crippen molar-refractivity contribution in [2.45, 2.75) is 13.0 Å². The molecule has 0 unspecified atom stereocenters. The van der Waals surface area contributed by atoms with Crippen molar-refractivity contribution in [1.29, 1.82) is 0 Å². The molecule has 28 heavy (non-hydrogen) atoms. The Labute approximate surface area is 163 Å². The topological polar surface area (TPSA) is 111 Å². The van der Waals surface area contributed by atoms with Crippen molar-refractivity contribution in [3.63, 3.8) is 0 Å². The third kappa shape index (κ3) is 3.37. The summed E-state index contributed by atoms with van der Waals surface area (Å²) in [5, 5.41) is 18.6. The van der Waals surface area contributed by atoms with Gasteiger partial charge in [0.05, 0.1) is 28.1 Å². The second-order valence-corrected chi connectivity index (χ2v) is 6.43. The van der Waals surface area contributed by atoms with E-state index < -0.39 is 5.97 Å². The van der Waals surface area contributed by atoms with Crippen molar-refractivity contribution in [2.24, 2.45) is 0 Å². The third-order valence-electron chi connectivity index (χ3n) is 4.13. The van der Waals surface area contributed by atoms with Crippen LogP contribution in [0.15, 0.2) is 57.8 Å². The predicted octanol–water partition coefficient (Wildman–Crippen LogP) is 2.78. The Hall–Kier alpha value is -3.52. The molecule has 2 aromatic heterocycles.